The first-order chi connectivity index (χ1) is 11.3. The van der Waals surface area contributed by atoms with E-state index in [4.69, 9.17) is 14.3 Å². The van der Waals surface area contributed by atoms with Gasteiger partial charge in [-0.25, -0.2) is 4.79 Å². The molecule has 24 heavy (non-hydrogen) atoms. The Bertz CT molecular complexity index is 507. The number of carbonyl (C=O) groups is 4. The zero-order valence-corrected chi connectivity index (χ0v) is 14.0. The Labute approximate surface area is 140 Å². The van der Waals surface area contributed by atoms with Crippen molar-refractivity contribution in [1.29, 1.82) is 0 Å². The van der Waals surface area contributed by atoms with E-state index in [0.717, 1.165) is 19.3 Å². The quantitative estimate of drug-likeness (QED) is 0.557. The molecule has 1 aliphatic heterocycles. The van der Waals surface area contributed by atoms with Gasteiger partial charge in [0, 0.05) is 12.8 Å². The first kappa shape index (κ1) is 18.2. The van der Waals surface area contributed by atoms with Crippen LogP contribution in [-0.2, 0) is 28.7 Å². The van der Waals surface area contributed by atoms with Gasteiger partial charge in [-0.15, -0.1) is 0 Å². The summed E-state index contributed by atoms with van der Waals surface area (Å²) in [5, 5.41) is 0.443. The highest BCUT2D eigenvalue weighted by molar-refractivity contribution is 6.01. The average Bonchev–Trinajstić information content (AvgIpc) is 2.85. The molecule has 0 bridgehead atoms. The Morgan fingerprint density at radius 2 is 1.67 bits per heavy atom. The van der Waals surface area contributed by atoms with Crippen molar-refractivity contribution in [3.8, 4) is 0 Å². The van der Waals surface area contributed by atoms with Gasteiger partial charge in [0.15, 0.2) is 0 Å². The first-order valence-corrected chi connectivity index (χ1v) is 8.26. The van der Waals surface area contributed by atoms with E-state index in [1.54, 1.807) is 13.8 Å². The van der Waals surface area contributed by atoms with Gasteiger partial charge in [-0.2, -0.15) is 0 Å². The highest BCUT2D eigenvalue weighted by Crippen LogP contribution is 2.33. The van der Waals surface area contributed by atoms with Crippen LogP contribution in [0.25, 0.3) is 0 Å². The van der Waals surface area contributed by atoms with Crippen LogP contribution in [0.1, 0.15) is 58.8 Å². The Hall–Kier alpha value is -2.12. The lowest BCUT2D eigenvalue weighted by atomic mass is 9.85. The molecule has 0 unspecified atom stereocenters. The highest BCUT2D eigenvalue weighted by atomic mass is 16.8. The van der Waals surface area contributed by atoms with Gasteiger partial charge >= 0.3 is 12.1 Å². The molecule has 0 aromatic rings. The van der Waals surface area contributed by atoms with Crippen LogP contribution in [0.2, 0.25) is 0 Å². The van der Waals surface area contributed by atoms with Crippen LogP contribution in [0.4, 0.5) is 4.79 Å². The largest absolute Gasteiger partial charge is 0.534 e. The summed E-state index contributed by atoms with van der Waals surface area (Å²) in [4.78, 5) is 51.4. The van der Waals surface area contributed by atoms with Gasteiger partial charge in [-0.1, -0.05) is 25.3 Å². The minimum atomic E-state index is -1.12. The van der Waals surface area contributed by atoms with Crippen LogP contribution in [0.15, 0.2) is 0 Å². The molecule has 1 saturated heterocycles. The SMILES string of the molecule is CC(C)C(=O)OCC1(OC(=O)ON2C(=O)CCC2=O)CCCCC1. The molecule has 1 saturated carbocycles. The van der Waals surface area contributed by atoms with Crippen molar-refractivity contribution >= 4 is 23.9 Å². The van der Waals surface area contributed by atoms with Crippen molar-refractivity contribution < 1.29 is 33.5 Å². The molecule has 134 valence electrons. The first-order valence-electron chi connectivity index (χ1n) is 8.26. The maximum absolute atomic E-state index is 12.0. The molecule has 2 aliphatic rings. The Morgan fingerprint density at radius 3 is 2.21 bits per heavy atom. The maximum Gasteiger partial charge on any atom is 0.534 e. The van der Waals surface area contributed by atoms with Gasteiger partial charge in [-0.3, -0.25) is 19.2 Å². The van der Waals surface area contributed by atoms with E-state index >= 15 is 0 Å². The number of amides is 2. The van der Waals surface area contributed by atoms with E-state index in [1.165, 1.54) is 0 Å². The second kappa shape index (κ2) is 7.63. The fraction of sp³-hybridized carbons (Fsp3) is 0.750. The van der Waals surface area contributed by atoms with Gasteiger partial charge in [0.05, 0.1) is 5.92 Å². The van der Waals surface area contributed by atoms with Crippen molar-refractivity contribution in [2.75, 3.05) is 6.61 Å². The lowest BCUT2D eigenvalue weighted by molar-refractivity contribution is -0.187. The molecule has 0 aromatic heterocycles. The molecule has 2 rings (SSSR count). The van der Waals surface area contributed by atoms with Gasteiger partial charge in [0.25, 0.3) is 11.8 Å². The summed E-state index contributed by atoms with van der Waals surface area (Å²) in [7, 11) is 0. The number of ether oxygens (including phenoxy) is 2. The fourth-order valence-electron chi connectivity index (χ4n) is 2.77. The van der Waals surface area contributed by atoms with Gasteiger partial charge in [0.1, 0.15) is 12.2 Å². The van der Waals surface area contributed by atoms with E-state index in [0.29, 0.717) is 17.9 Å². The van der Waals surface area contributed by atoms with Crippen molar-refractivity contribution in [2.45, 2.75) is 64.4 Å². The van der Waals surface area contributed by atoms with E-state index in [1.807, 2.05) is 0 Å². The molecule has 2 fully saturated rings. The molecular weight excluding hydrogens is 318 g/mol. The summed E-state index contributed by atoms with van der Waals surface area (Å²) in [6, 6.07) is 0. The molecular formula is C16H23NO7. The predicted octanol–water partition coefficient (Wildman–Crippen LogP) is 2.11. The molecule has 0 N–H and O–H groups in total. The van der Waals surface area contributed by atoms with Crippen LogP contribution in [-0.4, -0.2) is 41.2 Å². The Morgan fingerprint density at radius 1 is 1.08 bits per heavy atom. The van der Waals surface area contributed by atoms with Crippen molar-refractivity contribution in [1.82, 2.24) is 5.06 Å². The van der Waals surface area contributed by atoms with Gasteiger partial charge < -0.3 is 9.47 Å². The third-order valence-electron chi connectivity index (χ3n) is 4.19. The summed E-state index contributed by atoms with van der Waals surface area (Å²) in [6.07, 6.45) is 2.64. The lowest BCUT2D eigenvalue weighted by Crippen LogP contribution is -2.44. The van der Waals surface area contributed by atoms with E-state index < -0.39 is 23.6 Å². The summed E-state index contributed by atoms with van der Waals surface area (Å²) in [5.41, 5.74) is -0.967. The summed E-state index contributed by atoms with van der Waals surface area (Å²) >= 11 is 0. The van der Waals surface area contributed by atoms with Crippen LogP contribution in [0.5, 0.6) is 0 Å². The number of carbonyl (C=O) groups excluding carboxylic acids is 4. The van der Waals surface area contributed by atoms with Gasteiger partial charge in [0.2, 0.25) is 0 Å². The van der Waals surface area contributed by atoms with Gasteiger partial charge in [-0.05, 0) is 25.7 Å². The number of esters is 1. The Kier molecular flexibility index (Phi) is 5.80. The van der Waals surface area contributed by atoms with Crippen molar-refractivity contribution in [2.24, 2.45) is 5.92 Å². The molecule has 8 nitrogen and oxygen atoms in total. The second-order valence-corrected chi connectivity index (χ2v) is 6.53. The lowest BCUT2D eigenvalue weighted by Gasteiger charge is -2.35. The number of hydroxylamine groups is 2. The molecule has 8 heteroatoms. The normalized spacial score (nSPS) is 20.2. The van der Waals surface area contributed by atoms with E-state index in [-0.39, 0.29) is 31.3 Å². The third kappa shape index (κ3) is 4.46. The van der Waals surface area contributed by atoms with Crippen LogP contribution >= 0.6 is 0 Å². The smallest absolute Gasteiger partial charge is 0.461 e. The molecule has 0 aromatic carbocycles. The molecule has 0 spiro atoms. The molecule has 0 atom stereocenters. The van der Waals surface area contributed by atoms with Crippen LogP contribution in [0.3, 0.4) is 0 Å². The second-order valence-electron chi connectivity index (χ2n) is 6.53. The fourth-order valence-corrected chi connectivity index (χ4v) is 2.77. The topological polar surface area (TPSA) is 99.2 Å². The number of imide groups is 1. The minimum Gasteiger partial charge on any atom is -0.461 e. The predicted molar refractivity (Wildman–Crippen MR) is 80.3 cm³/mol. The van der Waals surface area contributed by atoms with Crippen LogP contribution in [0, 0.1) is 5.92 Å². The molecule has 1 heterocycles. The number of hydrogen-bond acceptors (Lipinski definition) is 7. The zero-order chi connectivity index (χ0) is 17.7. The van der Waals surface area contributed by atoms with E-state index in [9.17, 15) is 19.2 Å². The summed E-state index contributed by atoms with van der Waals surface area (Å²) < 4.78 is 10.6. The maximum atomic E-state index is 12.0. The molecule has 0 radical (unpaired) electrons. The number of hydrogen-bond donors (Lipinski definition) is 0. The number of nitrogens with zero attached hydrogens (tertiary/aromatic N) is 1. The van der Waals surface area contributed by atoms with Crippen molar-refractivity contribution in [3.05, 3.63) is 0 Å². The Balaban J connectivity index is 1.97. The minimum absolute atomic E-state index is 0.0171. The number of rotatable bonds is 5. The standard InChI is InChI=1S/C16H23NO7/c1-11(2)14(20)22-10-16(8-4-3-5-9-16)23-15(21)24-17-12(18)6-7-13(17)19/h11H,3-10H2,1-2H3. The molecule has 1 aliphatic carbocycles. The van der Waals surface area contributed by atoms with Crippen LogP contribution < -0.4 is 0 Å². The van der Waals surface area contributed by atoms with Crippen molar-refractivity contribution in [3.63, 3.8) is 0 Å². The average molecular weight is 341 g/mol. The van der Waals surface area contributed by atoms with E-state index in [2.05, 4.69) is 0 Å². The third-order valence-corrected chi connectivity index (χ3v) is 4.19. The highest BCUT2D eigenvalue weighted by Gasteiger charge is 2.41. The summed E-state index contributed by atoms with van der Waals surface area (Å²) in [6.45, 7) is 3.38. The zero-order valence-electron chi connectivity index (χ0n) is 14.0. The monoisotopic (exact) mass is 341 g/mol. The molecule has 2 amide bonds. The summed E-state index contributed by atoms with van der Waals surface area (Å²) in [5.74, 6) is -1.79.